The average Bonchev–Trinajstić information content (AvgIpc) is 2.36. The Bertz CT molecular complexity index is 660. The van der Waals surface area contributed by atoms with Gasteiger partial charge < -0.3 is 4.90 Å². The smallest absolute Gasteiger partial charge is 0.138 e. The quantitative estimate of drug-likeness (QED) is 0.745. The second kappa shape index (κ2) is 5.64. The minimum Gasteiger partial charge on any atom is -0.329 e. The summed E-state index contributed by atoms with van der Waals surface area (Å²) < 4.78 is 0. The SMILES string of the molecule is Cc1ccc(N(C)c2cc(Cl)nc(C(C)(C)C)n2)c(C)c1. The zero-order valence-electron chi connectivity index (χ0n) is 13.5. The number of aryl methyl sites for hydroxylation is 2. The maximum absolute atomic E-state index is 6.17. The van der Waals surface area contributed by atoms with E-state index in [1.54, 1.807) is 6.07 Å². The average molecular weight is 304 g/mol. The van der Waals surface area contributed by atoms with E-state index >= 15 is 0 Å². The van der Waals surface area contributed by atoms with Gasteiger partial charge in [0, 0.05) is 24.2 Å². The van der Waals surface area contributed by atoms with Gasteiger partial charge in [-0.1, -0.05) is 50.1 Å². The van der Waals surface area contributed by atoms with Crippen LogP contribution in [-0.4, -0.2) is 17.0 Å². The lowest BCUT2D eigenvalue weighted by Crippen LogP contribution is -2.20. The molecule has 0 aliphatic carbocycles. The van der Waals surface area contributed by atoms with E-state index in [9.17, 15) is 0 Å². The Morgan fingerprint density at radius 3 is 2.29 bits per heavy atom. The van der Waals surface area contributed by atoms with Crippen molar-refractivity contribution in [2.75, 3.05) is 11.9 Å². The first-order valence-electron chi connectivity index (χ1n) is 7.04. The molecule has 0 saturated carbocycles. The first-order chi connectivity index (χ1) is 9.68. The maximum atomic E-state index is 6.17. The predicted octanol–water partition coefficient (Wildman–Crippen LogP) is 4.81. The zero-order valence-corrected chi connectivity index (χ0v) is 14.3. The van der Waals surface area contributed by atoms with Gasteiger partial charge in [0.1, 0.15) is 16.8 Å². The molecule has 0 aliphatic rings. The van der Waals surface area contributed by atoms with Crippen molar-refractivity contribution in [3.05, 3.63) is 46.4 Å². The van der Waals surface area contributed by atoms with Crippen LogP contribution >= 0.6 is 11.6 Å². The number of rotatable bonds is 2. The fourth-order valence-electron chi connectivity index (χ4n) is 2.22. The van der Waals surface area contributed by atoms with Gasteiger partial charge in [0.25, 0.3) is 0 Å². The molecule has 0 atom stereocenters. The van der Waals surface area contributed by atoms with Crippen LogP contribution in [0.25, 0.3) is 0 Å². The summed E-state index contributed by atoms with van der Waals surface area (Å²) in [7, 11) is 2.00. The van der Waals surface area contributed by atoms with Crippen LogP contribution in [-0.2, 0) is 5.41 Å². The Hall–Kier alpha value is -1.61. The lowest BCUT2D eigenvalue weighted by molar-refractivity contribution is 0.545. The van der Waals surface area contributed by atoms with Crippen molar-refractivity contribution in [2.24, 2.45) is 0 Å². The number of benzene rings is 1. The number of hydrogen-bond donors (Lipinski definition) is 0. The molecule has 0 amide bonds. The molecule has 0 bridgehead atoms. The largest absolute Gasteiger partial charge is 0.329 e. The van der Waals surface area contributed by atoms with Crippen molar-refractivity contribution >= 4 is 23.1 Å². The monoisotopic (exact) mass is 303 g/mol. The summed E-state index contributed by atoms with van der Waals surface area (Å²) in [6.45, 7) is 10.4. The van der Waals surface area contributed by atoms with Gasteiger partial charge in [-0.05, 0) is 25.5 Å². The molecular formula is C17H22ClN3. The Balaban J connectivity index is 2.48. The minimum atomic E-state index is -0.136. The van der Waals surface area contributed by atoms with E-state index in [1.807, 2.05) is 7.05 Å². The van der Waals surface area contributed by atoms with Gasteiger partial charge in [-0.2, -0.15) is 0 Å². The minimum absolute atomic E-state index is 0.136. The number of nitrogens with zero attached hydrogens (tertiary/aromatic N) is 3. The van der Waals surface area contributed by atoms with Crippen LogP contribution in [0.15, 0.2) is 24.3 Å². The van der Waals surface area contributed by atoms with Gasteiger partial charge >= 0.3 is 0 Å². The molecule has 0 N–H and O–H groups in total. The highest BCUT2D eigenvalue weighted by molar-refractivity contribution is 6.29. The predicted molar refractivity (Wildman–Crippen MR) is 89.7 cm³/mol. The van der Waals surface area contributed by atoms with E-state index in [1.165, 1.54) is 11.1 Å². The second-order valence-electron chi connectivity index (χ2n) is 6.47. The Morgan fingerprint density at radius 1 is 1.05 bits per heavy atom. The molecule has 2 rings (SSSR count). The molecule has 1 heterocycles. The number of halogens is 1. The lowest BCUT2D eigenvalue weighted by atomic mass is 9.96. The van der Waals surface area contributed by atoms with Crippen molar-refractivity contribution in [3.63, 3.8) is 0 Å². The first kappa shape index (κ1) is 15.8. The molecule has 21 heavy (non-hydrogen) atoms. The highest BCUT2D eigenvalue weighted by Gasteiger charge is 2.20. The summed E-state index contributed by atoms with van der Waals surface area (Å²) in [5.74, 6) is 1.56. The molecule has 0 saturated heterocycles. The Morgan fingerprint density at radius 2 is 1.71 bits per heavy atom. The van der Waals surface area contributed by atoms with E-state index in [0.29, 0.717) is 5.15 Å². The topological polar surface area (TPSA) is 29.0 Å². The third-order valence-corrected chi connectivity index (χ3v) is 3.60. The zero-order chi connectivity index (χ0) is 15.8. The standard InChI is InChI=1S/C17H22ClN3/c1-11-7-8-13(12(2)9-11)21(6)15-10-14(18)19-16(20-15)17(3,4)5/h7-10H,1-6H3. The fraction of sp³-hybridized carbons (Fsp3) is 0.412. The third kappa shape index (κ3) is 3.53. The van der Waals surface area contributed by atoms with Crippen molar-refractivity contribution in [1.82, 2.24) is 9.97 Å². The Kier molecular flexibility index (Phi) is 4.24. The van der Waals surface area contributed by atoms with Gasteiger partial charge in [0.05, 0.1) is 0 Å². The van der Waals surface area contributed by atoms with Gasteiger partial charge in [0.15, 0.2) is 0 Å². The second-order valence-corrected chi connectivity index (χ2v) is 6.86. The van der Waals surface area contributed by atoms with Crippen molar-refractivity contribution in [2.45, 2.75) is 40.0 Å². The number of anilines is 2. The third-order valence-electron chi connectivity index (χ3n) is 3.41. The molecule has 0 fully saturated rings. The van der Waals surface area contributed by atoms with Crippen LogP contribution < -0.4 is 4.90 Å². The van der Waals surface area contributed by atoms with Crippen LogP contribution in [0.4, 0.5) is 11.5 Å². The summed E-state index contributed by atoms with van der Waals surface area (Å²) >= 11 is 6.17. The van der Waals surface area contributed by atoms with Crippen LogP contribution in [0.1, 0.15) is 37.7 Å². The van der Waals surface area contributed by atoms with E-state index in [-0.39, 0.29) is 5.41 Å². The van der Waals surface area contributed by atoms with Crippen molar-refractivity contribution < 1.29 is 0 Å². The molecule has 1 aromatic carbocycles. The summed E-state index contributed by atoms with van der Waals surface area (Å²) in [6.07, 6.45) is 0. The fourth-order valence-corrected chi connectivity index (χ4v) is 2.40. The number of hydrogen-bond acceptors (Lipinski definition) is 3. The highest BCUT2D eigenvalue weighted by Crippen LogP contribution is 2.29. The van der Waals surface area contributed by atoms with Gasteiger partial charge in [-0.25, -0.2) is 9.97 Å². The van der Waals surface area contributed by atoms with Crippen LogP contribution in [0.3, 0.4) is 0 Å². The molecule has 0 unspecified atom stereocenters. The van der Waals surface area contributed by atoms with Crippen molar-refractivity contribution in [1.29, 1.82) is 0 Å². The summed E-state index contributed by atoms with van der Waals surface area (Å²) in [5, 5.41) is 0.474. The Labute approximate surface area is 132 Å². The first-order valence-corrected chi connectivity index (χ1v) is 7.42. The lowest BCUT2D eigenvalue weighted by Gasteiger charge is -2.24. The molecule has 0 radical (unpaired) electrons. The van der Waals surface area contributed by atoms with Crippen molar-refractivity contribution in [3.8, 4) is 0 Å². The van der Waals surface area contributed by atoms with E-state index in [4.69, 9.17) is 11.6 Å². The molecule has 0 aliphatic heterocycles. The summed E-state index contributed by atoms with van der Waals surface area (Å²) in [4.78, 5) is 11.1. The summed E-state index contributed by atoms with van der Waals surface area (Å²) in [6, 6.07) is 8.18. The van der Waals surface area contributed by atoms with Gasteiger partial charge in [-0.15, -0.1) is 0 Å². The van der Waals surface area contributed by atoms with E-state index < -0.39 is 0 Å². The molecular weight excluding hydrogens is 282 g/mol. The molecule has 1 aromatic heterocycles. The molecule has 112 valence electrons. The molecule has 4 heteroatoms. The highest BCUT2D eigenvalue weighted by atomic mass is 35.5. The molecule has 3 nitrogen and oxygen atoms in total. The normalized spacial score (nSPS) is 11.6. The summed E-state index contributed by atoms with van der Waals surface area (Å²) in [5.41, 5.74) is 3.45. The van der Waals surface area contributed by atoms with E-state index in [0.717, 1.165) is 17.3 Å². The van der Waals surface area contributed by atoms with Crippen LogP contribution in [0, 0.1) is 13.8 Å². The van der Waals surface area contributed by atoms with Gasteiger partial charge in [-0.3, -0.25) is 0 Å². The molecule has 0 spiro atoms. The number of aromatic nitrogens is 2. The molecule has 2 aromatic rings. The van der Waals surface area contributed by atoms with E-state index in [2.05, 4.69) is 67.7 Å². The van der Waals surface area contributed by atoms with Crippen LogP contribution in [0.2, 0.25) is 5.15 Å². The van der Waals surface area contributed by atoms with Gasteiger partial charge in [0.2, 0.25) is 0 Å². The van der Waals surface area contributed by atoms with Crippen LogP contribution in [0.5, 0.6) is 0 Å². The maximum Gasteiger partial charge on any atom is 0.138 e.